The first-order valence-corrected chi connectivity index (χ1v) is 6.52. The molecular formula is C13H11BrN2O4. The molecule has 0 bridgehead atoms. The summed E-state index contributed by atoms with van der Waals surface area (Å²) in [5.41, 5.74) is 0.457. The maximum Gasteiger partial charge on any atom is 0.312 e. The van der Waals surface area contributed by atoms with E-state index in [4.69, 9.17) is 4.74 Å². The maximum atomic E-state index is 11.0. The molecule has 0 amide bonds. The molecule has 1 aromatic heterocycles. The molecule has 1 atom stereocenters. The summed E-state index contributed by atoms with van der Waals surface area (Å²) in [5, 5.41) is 20.5. The van der Waals surface area contributed by atoms with Crippen molar-refractivity contribution in [2.75, 3.05) is 0 Å². The molecule has 1 N–H and O–H groups in total. The van der Waals surface area contributed by atoms with Crippen LogP contribution in [0.5, 0.6) is 11.6 Å². The summed E-state index contributed by atoms with van der Waals surface area (Å²) < 4.78 is 6.02. The van der Waals surface area contributed by atoms with Gasteiger partial charge in [-0.1, -0.05) is 15.9 Å². The molecule has 0 aliphatic carbocycles. The second-order valence-electron chi connectivity index (χ2n) is 4.07. The molecule has 2 rings (SSSR count). The summed E-state index contributed by atoms with van der Waals surface area (Å²) in [6.07, 6.45) is 0.808. The van der Waals surface area contributed by atoms with Gasteiger partial charge in [0.2, 0.25) is 11.6 Å². The predicted octanol–water partition coefficient (Wildman–Crippen LogP) is 3.60. The highest BCUT2D eigenvalue weighted by molar-refractivity contribution is 9.10. The van der Waals surface area contributed by atoms with Crippen LogP contribution in [0.4, 0.5) is 5.69 Å². The predicted molar refractivity (Wildman–Crippen MR) is 75.7 cm³/mol. The SMILES string of the molecule is C[C@H](O)c1ccnc(Oc2ccc(Br)cc2[N+](=O)[O-])c1. The van der Waals surface area contributed by atoms with Gasteiger partial charge in [-0.2, -0.15) is 0 Å². The van der Waals surface area contributed by atoms with Crippen LogP contribution in [0.2, 0.25) is 0 Å². The molecule has 0 fully saturated rings. The van der Waals surface area contributed by atoms with Gasteiger partial charge >= 0.3 is 5.69 Å². The number of aliphatic hydroxyl groups is 1. The van der Waals surface area contributed by atoms with Gasteiger partial charge in [0.25, 0.3) is 0 Å². The maximum absolute atomic E-state index is 11.0. The van der Waals surface area contributed by atoms with Crippen LogP contribution in [0.15, 0.2) is 41.0 Å². The first-order chi connectivity index (χ1) is 9.47. The van der Waals surface area contributed by atoms with E-state index in [1.165, 1.54) is 24.4 Å². The first kappa shape index (κ1) is 14.4. The van der Waals surface area contributed by atoms with E-state index < -0.39 is 11.0 Å². The summed E-state index contributed by atoms with van der Waals surface area (Å²) in [6, 6.07) is 7.66. The quantitative estimate of drug-likeness (QED) is 0.679. The molecule has 20 heavy (non-hydrogen) atoms. The molecule has 2 aromatic rings. The normalized spacial score (nSPS) is 11.9. The van der Waals surface area contributed by atoms with Crippen molar-refractivity contribution < 1.29 is 14.8 Å². The molecule has 0 aliphatic heterocycles. The molecule has 6 nitrogen and oxygen atoms in total. The summed E-state index contributed by atoms with van der Waals surface area (Å²) in [7, 11) is 0. The molecule has 0 aliphatic rings. The van der Waals surface area contributed by atoms with E-state index in [9.17, 15) is 15.2 Å². The van der Waals surface area contributed by atoms with Crippen molar-refractivity contribution in [2.45, 2.75) is 13.0 Å². The highest BCUT2D eigenvalue weighted by atomic mass is 79.9. The molecule has 0 spiro atoms. The van der Waals surface area contributed by atoms with Gasteiger partial charge in [-0.3, -0.25) is 10.1 Å². The van der Waals surface area contributed by atoms with Gasteiger partial charge in [-0.25, -0.2) is 4.98 Å². The smallest absolute Gasteiger partial charge is 0.312 e. The molecule has 0 unspecified atom stereocenters. The summed E-state index contributed by atoms with van der Waals surface area (Å²) >= 11 is 3.17. The highest BCUT2D eigenvalue weighted by Crippen LogP contribution is 2.33. The fourth-order valence-electron chi connectivity index (χ4n) is 1.57. The molecule has 1 aromatic carbocycles. The topological polar surface area (TPSA) is 85.5 Å². The lowest BCUT2D eigenvalue weighted by atomic mass is 10.2. The van der Waals surface area contributed by atoms with E-state index >= 15 is 0 Å². The summed E-state index contributed by atoms with van der Waals surface area (Å²) in [4.78, 5) is 14.4. The molecule has 104 valence electrons. The van der Waals surface area contributed by atoms with Crippen LogP contribution in [0, 0.1) is 10.1 Å². The minimum atomic E-state index is -0.666. The Balaban J connectivity index is 2.35. The minimum absolute atomic E-state index is 0.0912. The lowest BCUT2D eigenvalue weighted by molar-refractivity contribution is -0.385. The van der Waals surface area contributed by atoms with Crippen molar-refractivity contribution in [3.8, 4) is 11.6 Å². The van der Waals surface area contributed by atoms with Crippen LogP contribution in [0.3, 0.4) is 0 Å². The number of hydrogen-bond acceptors (Lipinski definition) is 5. The summed E-state index contributed by atoms with van der Waals surface area (Å²) in [6.45, 7) is 1.61. The number of pyridine rings is 1. The van der Waals surface area contributed by atoms with E-state index in [0.29, 0.717) is 10.0 Å². The number of nitrogens with zero attached hydrogens (tertiary/aromatic N) is 2. The zero-order chi connectivity index (χ0) is 14.7. The molecular weight excluding hydrogens is 328 g/mol. The lowest BCUT2D eigenvalue weighted by Gasteiger charge is -2.08. The number of nitro benzene ring substituents is 1. The van der Waals surface area contributed by atoms with Gasteiger partial charge in [-0.15, -0.1) is 0 Å². The fourth-order valence-corrected chi connectivity index (χ4v) is 1.92. The Morgan fingerprint density at radius 3 is 2.80 bits per heavy atom. The van der Waals surface area contributed by atoms with Crippen molar-refractivity contribution in [3.05, 3.63) is 56.7 Å². The zero-order valence-corrected chi connectivity index (χ0v) is 12.1. The standard InChI is InChI=1S/C13H11BrN2O4/c1-8(17)9-4-5-15-13(6-9)20-12-3-2-10(14)7-11(12)16(18)19/h2-8,17H,1H3/t8-/m0/s1. The van der Waals surface area contributed by atoms with E-state index in [0.717, 1.165) is 0 Å². The summed E-state index contributed by atoms with van der Waals surface area (Å²) in [5.74, 6) is 0.280. The number of rotatable bonds is 4. The van der Waals surface area contributed by atoms with Gasteiger partial charge in [0, 0.05) is 22.8 Å². The third-order valence-electron chi connectivity index (χ3n) is 2.57. The largest absolute Gasteiger partial charge is 0.432 e. The second kappa shape index (κ2) is 5.98. The average Bonchev–Trinajstić information content (AvgIpc) is 2.41. The molecule has 0 saturated carbocycles. The third-order valence-corrected chi connectivity index (χ3v) is 3.07. The molecule has 0 radical (unpaired) electrons. The van der Waals surface area contributed by atoms with Crippen LogP contribution in [0.25, 0.3) is 0 Å². The van der Waals surface area contributed by atoms with Crippen molar-refractivity contribution in [1.82, 2.24) is 4.98 Å². The Kier molecular flexibility index (Phi) is 4.31. The number of aliphatic hydroxyl groups excluding tert-OH is 1. The van der Waals surface area contributed by atoms with Gasteiger partial charge in [0.05, 0.1) is 11.0 Å². The van der Waals surface area contributed by atoms with Crippen molar-refractivity contribution in [3.63, 3.8) is 0 Å². The fraction of sp³-hybridized carbons (Fsp3) is 0.154. The van der Waals surface area contributed by atoms with Crippen LogP contribution in [0.1, 0.15) is 18.6 Å². The van der Waals surface area contributed by atoms with Crippen LogP contribution in [-0.4, -0.2) is 15.0 Å². The molecule has 7 heteroatoms. The monoisotopic (exact) mass is 338 g/mol. The number of aromatic nitrogens is 1. The highest BCUT2D eigenvalue weighted by Gasteiger charge is 2.17. The Bertz CT molecular complexity index is 646. The van der Waals surface area contributed by atoms with E-state index in [-0.39, 0.29) is 17.3 Å². The Morgan fingerprint density at radius 1 is 1.40 bits per heavy atom. The first-order valence-electron chi connectivity index (χ1n) is 5.73. The number of halogens is 1. The Labute approximate surface area is 123 Å². The average molecular weight is 339 g/mol. The number of nitro groups is 1. The van der Waals surface area contributed by atoms with Gasteiger partial charge in [0.15, 0.2) is 0 Å². The Morgan fingerprint density at radius 2 is 2.15 bits per heavy atom. The van der Waals surface area contributed by atoms with E-state index in [1.54, 1.807) is 19.1 Å². The van der Waals surface area contributed by atoms with E-state index in [1.807, 2.05) is 0 Å². The zero-order valence-electron chi connectivity index (χ0n) is 10.5. The van der Waals surface area contributed by atoms with Crippen molar-refractivity contribution >= 4 is 21.6 Å². The van der Waals surface area contributed by atoms with Crippen molar-refractivity contribution in [1.29, 1.82) is 0 Å². The molecule has 1 heterocycles. The number of hydrogen-bond donors (Lipinski definition) is 1. The van der Waals surface area contributed by atoms with Gasteiger partial charge in [-0.05, 0) is 30.7 Å². The van der Waals surface area contributed by atoms with Crippen LogP contribution in [-0.2, 0) is 0 Å². The van der Waals surface area contributed by atoms with Gasteiger partial charge < -0.3 is 9.84 Å². The molecule has 0 saturated heterocycles. The Hall–Kier alpha value is -1.99. The number of ether oxygens (including phenoxy) is 1. The lowest BCUT2D eigenvalue weighted by Crippen LogP contribution is -1.97. The van der Waals surface area contributed by atoms with Crippen molar-refractivity contribution in [2.24, 2.45) is 0 Å². The second-order valence-corrected chi connectivity index (χ2v) is 4.99. The minimum Gasteiger partial charge on any atom is -0.432 e. The number of benzene rings is 1. The van der Waals surface area contributed by atoms with Crippen LogP contribution >= 0.6 is 15.9 Å². The third kappa shape index (κ3) is 3.31. The van der Waals surface area contributed by atoms with Crippen LogP contribution < -0.4 is 4.74 Å². The van der Waals surface area contributed by atoms with Gasteiger partial charge in [0.1, 0.15) is 0 Å². The van der Waals surface area contributed by atoms with E-state index in [2.05, 4.69) is 20.9 Å².